The van der Waals surface area contributed by atoms with Crippen molar-refractivity contribution < 1.29 is 4.39 Å². The van der Waals surface area contributed by atoms with Crippen molar-refractivity contribution in [1.82, 2.24) is 9.78 Å². The van der Waals surface area contributed by atoms with Crippen molar-refractivity contribution in [3.8, 4) is 0 Å². The zero-order chi connectivity index (χ0) is 10.8. The number of hydrogen-bond donors (Lipinski definition) is 1. The van der Waals surface area contributed by atoms with E-state index in [4.69, 9.17) is 17.3 Å². The fraction of sp³-hybridized carbons (Fsp3) is 0.100. The Hall–Kier alpha value is -1.55. The van der Waals surface area contributed by atoms with Crippen LogP contribution >= 0.6 is 11.6 Å². The third kappa shape index (κ3) is 2.10. The molecule has 5 heteroatoms. The number of anilines is 1. The molecule has 3 nitrogen and oxygen atoms in total. The van der Waals surface area contributed by atoms with Crippen LogP contribution in [0.4, 0.5) is 10.2 Å². The van der Waals surface area contributed by atoms with Crippen LogP contribution in [0.15, 0.2) is 30.5 Å². The first kappa shape index (κ1) is 9.98. The van der Waals surface area contributed by atoms with Crippen LogP contribution in [-0.2, 0) is 6.54 Å². The highest BCUT2D eigenvalue weighted by Crippen LogP contribution is 2.18. The second-order valence-corrected chi connectivity index (χ2v) is 3.57. The minimum absolute atomic E-state index is 0.259. The van der Waals surface area contributed by atoms with Crippen molar-refractivity contribution in [2.45, 2.75) is 6.54 Å². The first-order valence-corrected chi connectivity index (χ1v) is 4.76. The Kier molecular flexibility index (Phi) is 2.60. The van der Waals surface area contributed by atoms with Crippen LogP contribution in [0.1, 0.15) is 5.56 Å². The van der Waals surface area contributed by atoms with E-state index >= 15 is 0 Å². The van der Waals surface area contributed by atoms with E-state index in [-0.39, 0.29) is 5.82 Å². The van der Waals surface area contributed by atoms with Crippen LogP contribution < -0.4 is 5.73 Å². The lowest BCUT2D eigenvalue weighted by Crippen LogP contribution is -2.05. The molecule has 0 unspecified atom stereocenters. The molecule has 0 bridgehead atoms. The van der Waals surface area contributed by atoms with Gasteiger partial charge in [-0.3, -0.25) is 0 Å². The summed E-state index contributed by atoms with van der Waals surface area (Å²) in [4.78, 5) is 0. The molecule has 0 aliphatic rings. The topological polar surface area (TPSA) is 43.8 Å². The van der Waals surface area contributed by atoms with Crippen molar-refractivity contribution in [3.05, 3.63) is 46.9 Å². The molecule has 0 radical (unpaired) electrons. The van der Waals surface area contributed by atoms with Gasteiger partial charge >= 0.3 is 0 Å². The molecule has 78 valence electrons. The first-order chi connectivity index (χ1) is 7.16. The number of halogens is 2. The maximum atomic E-state index is 12.6. The molecule has 0 fully saturated rings. The van der Waals surface area contributed by atoms with Gasteiger partial charge < -0.3 is 5.73 Å². The highest BCUT2D eigenvalue weighted by atomic mass is 35.5. The molecular formula is C10H9ClFN3. The predicted molar refractivity (Wildman–Crippen MR) is 57.2 cm³/mol. The average Bonchev–Trinajstić information content (AvgIpc) is 2.53. The quantitative estimate of drug-likeness (QED) is 0.853. The zero-order valence-corrected chi connectivity index (χ0v) is 8.58. The van der Waals surface area contributed by atoms with Crippen molar-refractivity contribution in [2.75, 3.05) is 5.73 Å². The lowest BCUT2D eigenvalue weighted by atomic mass is 10.2. The second kappa shape index (κ2) is 3.90. The van der Waals surface area contributed by atoms with Crippen LogP contribution in [0.2, 0.25) is 5.02 Å². The minimum atomic E-state index is -0.259. The fourth-order valence-corrected chi connectivity index (χ4v) is 1.40. The maximum absolute atomic E-state index is 12.6. The monoisotopic (exact) mass is 225 g/mol. The zero-order valence-electron chi connectivity index (χ0n) is 7.82. The third-order valence-corrected chi connectivity index (χ3v) is 2.37. The summed E-state index contributed by atoms with van der Waals surface area (Å²) in [6, 6.07) is 6.17. The Bertz CT molecular complexity index is 464. The summed E-state index contributed by atoms with van der Waals surface area (Å²) in [6.45, 7) is 0.485. The van der Waals surface area contributed by atoms with Gasteiger partial charge in [0.25, 0.3) is 0 Å². The molecule has 2 rings (SSSR count). The summed E-state index contributed by atoms with van der Waals surface area (Å²) in [6.07, 6.45) is 1.49. The van der Waals surface area contributed by atoms with Gasteiger partial charge in [-0.15, -0.1) is 0 Å². The summed E-state index contributed by atoms with van der Waals surface area (Å²) in [5, 5.41) is 4.43. The van der Waals surface area contributed by atoms with Gasteiger partial charge in [-0.2, -0.15) is 5.10 Å². The lowest BCUT2D eigenvalue weighted by molar-refractivity contribution is 0.625. The van der Waals surface area contributed by atoms with E-state index in [0.29, 0.717) is 17.4 Å². The molecule has 15 heavy (non-hydrogen) atoms. The van der Waals surface area contributed by atoms with Gasteiger partial charge in [-0.25, -0.2) is 9.07 Å². The molecule has 0 saturated heterocycles. The van der Waals surface area contributed by atoms with Crippen molar-refractivity contribution in [2.24, 2.45) is 0 Å². The molecule has 1 heterocycles. The van der Waals surface area contributed by atoms with Crippen LogP contribution in [-0.4, -0.2) is 9.78 Å². The highest BCUT2D eigenvalue weighted by Gasteiger charge is 2.05. The first-order valence-electron chi connectivity index (χ1n) is 4.38. The molecule has 0 aliphatic heterocycles. The molecule has 0 saturated carbocycles. The van der Waals surface area contributed by atoms with E-state index in [1.807, 2.05) is 0 Å². The number of aromatic nitrogens is 2. The number of benzene rings is 1. The Morgan fingerprint density at radius 3 is 2.53 bits per heavy atom. The van der Waals surface area contributed by atoms with E-state index in [9.17, 15) is 4.39 Å². The van der Waals surface area contributed by atoms with Gasteiger partial charge in [0, 0.05) is 0 Å². The number of nitrogens with two attached hydrogens (primary N) is 1. The van der Waals surface area contributed by atoms with Crippen LogP contribution in [0, 0.1) is 5.82 Å². The molecular weight excluding hydrogens is 217 g/mol. The average molecular weight is 226 g/mol. The molecule has 1 aromatic carbocycles. The van der Waals surface area contributed by atoms with Crippen LogP contribution in [0.3, 0.4) is 0 Å². The van der Waals surface area contributed by atoms with E-state index in [1.54, 1.807) is 16.8 Å². The summed E-state index contributed by atoms with van der Waals surface area (Å²) >= 11 is 5.75. The number of rotatable bonds is 2. The molecule has 0 spiro atoms. The molecule has 0 atom stereocenters. The smallest absolute Gasteiger partial charge is 0.140 e. The minimum Gasteiger partial charge on any atom is -0.383 e. The standard InChI is InChI=1S/C10H9ClFN3/c11-9-5-14-15(10(9)13)6-7-1-3-8(12)4-2-7/h1-5H,6,13H2. The van der Waals surface area contributed by atoms with Crippen LogP contribution in [0.25, 0.3) is 0 Å². The largest absolute Gasteiger partial charge is 0.383 e. The molecule has 2 aromatic rings. The second-order valence-electron chi connectivity index (χ2n) is 3.16. The number of nitrogens with zero attached hydrogens (tertiary/aromatic N) is 2. The summed E-state index contributed by atoms with van der Waals surface area (Å²) < 4.78 is 14.2. The van der Waals surface area contributed by atoms with Gasteiger partial charge in [-0.1, -0.05) is 23.7 Å². The molecule has 0 aliphatic carbocycles. The molecule has 2 N–H and O–H groups in total. The fourth-order valence-electron chi connectivity index (χ4n) is 1.26. The Morgan fingerprint density at radius 1 is 1.33 bits per heavy atom. The maximum Gasteiger partial charge on any atom is 0.140 e. The highest BCUT2D eigenvalue weighted by molar-refractivity contribution is 6.32. The van der Waals surface area contributed by atoms with Gasteiger partial charge in [0.2, 0.25) is 0 Å². The lowest BCUT2D eigenvalue weighted by Gasteiger charge is -2.03. The Labute approximate surface area is 91.3 Å². The van der Waals surface area contributed by atoms with Gasteiger partial charge in [0.15, 0.2) is 0 Å². The Balaban J connectivity index is 2.22. The summed E-state index contributed by atoms with van der Waals surface area (Å²) in [7, 11) is 0. The van der Waals surface area contributed by atoms with Gasteiger partial charge in [0.1, 0.15) is 16.7 Å². The Morgan fingerprint density at radius 2 is 2.00 bits per heavy atom. The molecule has 0 amide bonds. The SMILES string of the molecule is Nc1c(Cl)cnn1Cc1ccc(F)cc1. The summed E-state index contributed by atoms with van der Waals surface area (Å²) in [5.74, 6) is 0.159. The predicted octanol–water partition coefficient (Wildman–Crippen LogP) is 2.31. The normalized spacial score (nSPS) is 10.5. The van der Waals surface area contributed by atoms with Gasteiger partial charge in [0.05, 0.1) is 12.7 Å². The number of nitrogen functional groups attached to an aromatic ring is 1. The van der Waals surface area contributed by atoms with Gasteiger partial charge in [-0.05, 0) is 17.7 Å². The van der Waals surface area contributed by atoms with E-state index in [2.05, 4.69) is 5.10 Å². The summed E-state index contributed by atoms with van der Waals surface area (Å²) in [5.41, 5.74) is 6.59. The third-order valence-electron chi connectivity index (χ3n) is 2.08. The van der Waals surface area contributed by atoms with Crippen molar-refractivity contribution in [1.29, 1.82) is 0 Å². The van der Waals surface area contributed by atoms with E-state index in [0.717, 1.165) is 5.56 Å². The number of hydrogen-bond acceptors (Lipinski definition) is 2. The van der Waals surface area contributed by atoms with E-state index < -0.39 is 0 Å². The van der Waals surface area contributed by atoms with E-state index in [1.165, 1.54) is 18.3 Å². The van der Waals surface area contributed by atoms with Crippen molar-refractivity contribution in [3.63, 3.8) is 0 Å². The van der Waals surface area contributed by atoms with Crippen LogP contribution in [0.5, 0.6) is 0 Å². The van der Waals surface area contributed by atoms with Crippen molar-refractivity contribution >= 4 is 17.4 Å². The molecule has 1 aromatic heterocycles.